The molecule has 7 heteroatoms. The summed E-state index contributed by atoms with van der Waals surface area (Å²) in [6.45, 7) is 5.18. The average molecular weight is 601 g/mol. The number of hydrogen-bond donors (Lipinski definition) is 2. The summed E-state index contributed by atoms with van der Waals surface area (Å²) in [5.41, 5.74) is -0.312. The Hall–Kier alpha value is -3.12. The van der Waals surface area contributed by atoms with Gasteiger partial charge in [-0.05, 0) is 94.5 Å². The second-order valence-corrected chi connectivity index (χ2v) is 11.4. The first-order valence-electron chi connectivity index (χ1n) is 15.3. The minimum Gasteiger partial charge on any atom is -0.481 e. The summed E-state index contributed by atoms with van der Waals surface area (Å²) in [6.07, 6.45) is 21.2. The van der Waals surface area contributed by atoms with E-state index >= 15 is 0 Å². The number of ether oxygens (including phenoxy) is 1. The minimum absolute atomic E-state index is 0.138. The third kappa shape index (κ3) is 17.0. The predicted molar refractivity (Wildman–Crippen MR) is 171 cm³/mol. The second kappa shape index (κ2) is 21.6. The molecular weight excluding hydrogens is 552 g/mol. The van der Waals surface area contributed by atoms with E-state index in [1.54, 1.807) is 48.5 Å². The van der Waals surface area contributed by atoms with Crippen LogP contribution >= 0.6 is 11.6 Å². The molecule has 0 bridgehead atoms. The maximum absolute atomic E-state index is 12.3. The van der Waals surface area contributed by atoms with Crippen LogP contribution in [0.25, 0.3) is 0 Å². The molecular formula is C35H49ClO6. The third-order valence-electron chi connectivity index (χ3n) is 6.76. The fourth-order valence-electron chi connectivity index (χ4n) is 4.13. The minimum atomic E-state index is -1.33. The zero-order chi connectivity index (χ0) is 31.2. The molecule has 6 nitrogen and oxygen atoms in total. The summed E-state index contributed by atoms with van der Waals surface area (Å²) in [5.74, 6) is -1.47. The lowest BCUT2D eigenvalue weighted by molar-refractivity contribution is -0.152. The molecule has 0 aliphatic rings. The fourth-order valence-corrected chi connectivity index (χ4v) is 4.25. The number of allylic oxidation sites excluding steroid dienone is 2. The van der Waals surface area contributed by atoms with Gasteiger partial charge in [0.15, 0.2) is 11.4 Å². The highest BCUT2D eigenvalue weighted by Crippen LogP contribution is 2.21. The Morgan fingerprint density at radius 2 is 1.17 bits per heavy atom. The quantitative estimate of drug-likeness (QED) is 0.0890. The molecule has 0 saturated heterocycles. The SMILES string of the molecule is CC(C)(Oc1ccc(C(=O)c2ccc(Cl)cc2)cc1)C(=O)O.CCCCCCCC/C=C\CCCCCCCC(=O)O. The number of carboxylic acid groups (broad SMARTS) is 2. The molecule has 2 N–H and O–H groups in total. The van der Waals surface area contributed by atoms with Gasteiger partial charge in [-0.1, -0.05) is 82.0 Å². The summed E-state index contributed by atoms with van der Waals surface area (Å²) < 4.78 is 5.39. The van der Waals surface area contributed by atoms with Gasteiger partial charge in [-0.25, -0.2) is 4.79 Å². The number of carboxylic acids is 2. The van der Waals surface area contributed by atoms with E-state index in [1.807, 2.05) is 0 Å². The predicted octanol–water partition coefficient (Wildman–Crippen LogP) is 9.92. The summed E-state index contributed by atoms with van der Waals surface area (Å²) in [4.78, 5) is 33.6. The Morgan fingerprint density at radius 1 is 0.714 bits per heavy atom. The van der Waals surface area contributed by atoms with Crippen molar-refractivity contribution >= 4 is 29.3 Å². The van der Waals surface area contributed by atoms with Crippen molar-refractivity contribution in [2.45, 2.75) is 116 Å². The Labute approximate surface area is 257 Å². The van der Waals surface area contributed by atoms with Gasteiger partial charge in [-0.2, -0.15) is 0 Å². The first kappa shape index (κ1) is 36.9. The molecule has 0 heterocycles. The third-order valence-corrected chi connectivity index (χ3v) is 7.02. The highest BCUT2D eigenvalue weighted by Gasteiger charge is 2.29. The topological polar surface area (TPSA) is 101 Å². The molecule has 0 unspecified atom stereocenters. The van der Waals surface area contributed by atoms with Crippen LogP contribution in [0.2, 0.25) is 5.02 Å². The van der Waals surface area contributed by atoms with Crippen molar-refractivity contribution in [1.82, 2.24) is 0 Å². The van der Waals surface area contributed by atoms with Crippen LogP contribution in [0, 0.1) is 0 Å². The van der Waals surface area contributed by atoms with Gasteiger partial charge >= 0.3 is 11.9 Å². The number of rotatable bonds is 20. The monoisotopic (exact) mass is 600 g/mol. The summed E-state index contributed by atoms with van der Waals surface area (Å²) in [5, 5.41) is 18.1. The molecule has 0 aliphatic heterocycles. The highest BCUT2D eigenvalue weighted by molar-refractivity contribution is 6.30. The van der Waals surface area contributed by atoms with E-state index in [0.717, 1.165) is 12.8 Å². The van der Waals surface area contributed by atoms with E-state index in [9.17, 15) is 14.4 Å². The second-order valence-electron chi connectivity index (χ2n) is 11.0. The highest BCUT2D eigenvalue weighted by atomic mass is 35.5. The van der Waals surface area contributed by atoms with Crippen LogP contribution in [0.5, 0.6) is 5.75 Å². The van der Waals surface area contributed by atoms with Gasteiger partial charge in [-0.15, -0.1) is 0 Å². The van der Waals surface area contributed by atoms with Crippen LogP contribution in [0.3, 0.4) is 0 Å². The van der Waals surface area contributed by atoms with Crippen molar-refractivity contribution in [3.8, 4) is 5.75 Å². The number of halogens is 1. The molecule has 0 aromatic heterocycles. The van der Waals surface area contributed by atoms with E-state index in [4.69, 9.17) is 26.6 Å². The first-order valence-corrected chi connectivity index (χ1v) is 15.6. The van der Waals surface area contributed by atoms with Gasteiger partial charge in [0.25, 0.3) is 0 Å². The smallest absolute Gasteiger partial charge is 0.347 e. The molecule has 2 aromatic rings. The van der Waals surface area contributed by atoms with Crippen molar-refractivity contribution in [1.29, 1.82) is 0 Å². The Balaban J connectivity index is 0.000000423. The maximum Gasteiger partial charge on any atom is 0.347 e. The normalized spacial score (nSPS) is 11.1. The molecule has 0 atom stereocenters. The maximum atomic E-state index is 12.3. The van der Waals surface area contributed by atoms with E-state index in [-0.39, 0.29) is 5.78 Å². The van der Waals surface area contributed by atoms with Crippen LogP contribution < -0.4 is 4.74 Å². The zero-order valence-electron chi connectivity index (χ0n) is 25.6. The summed E-state index contributed by atoms with van der Waals surface area (Å²) in [6, 6.07) is 13.0. The van der Waals surface area contributed by atoms with Crippen molar-refractivity contribution < 1.29 is 29.3 Å². The largest absolute Gasteiger partial charge is 0.481 e. The lowest BCUT2D eigenvalue weighted by Crippen LogP contribution is -2.37. The Bertz CT molecular complexity index is 1070. The molecule has 42 heavy (non-hydrogen) atoms. The molecule has 0 radical (unpaired) electrons. The average Bonchev–Trinajstić information content (AvgIpc) is 2.95. The van der Waals surface area contributed by atoms with Gasteiger partial charge in [0, 0.05) is 22.6 Å². The lowest BCUT2D eigenvalue weighted by Gasteiger charge is -2.21. The van der Waals surface area contributed by atoms with E-state index in [1.165, 1.54) is 84.5 Å². The van der Waals surface area contributed by atoms with Crippen LogP contribution in [0.15, 0.2) is 60.7 Å². The van der Waals surface area contributed by atoms with E-state index in [0.29, 0.717) is 28.3 Å². The zero-order valence-corrected chi connectivity index (χ0v) is 26.3. The Morgan fingerprint density at radius 3 is 1.64 bits per heavy atom. The number of hydrogen-bond acceptors (Lipinski definition) is 4. The molecule has 0 saturated carbocycles. The van der Waals surface area contributed by atoms with E-state index < -0.39 is 17.5 Å². The van der Waals surface area contributed by atoms with Gasteiger partial charge < -0.3 is 14.9 Å². The molecule has 0 aliphatic carbocycles. The van der Waals surface area contributed by atoms with Crippen LogP contribution in [0.1, 0.15) is 127 Å². The number of unbranched alkanes of at least 4 members (excludes halogenated alkanes) is 11. The molecule has 2 rings (SSSR count). The van der Waals surface area contributed by atoms with Crippen molar-refractivity contribution in [2.24, 2.45) is 0 Å². The number of carbonyl (C=O) groups is 3. The molecule has 0 fully saturated rings. The molecule has 2 aromatic carbocycles. The lowest BCUT2D eigenvalue weighted by atomic mass is 10.0. The van der Waals surface area contributed by atoms with Crippen molar-refractivity contribution in [3.63, 3.8) is 0 Å². The first-order chi connectivity index (χ1) is 20.1. The van der Waals surface area contributed by atoms with Crippen LogP contribution in [-0.4, -0.2) is 33.5 Å². The number of carbonyl (C=O) groups excluding carboxylic acids is 1. The molecule has 0 amide bonds. The van der Waals surface area contributed by atoms with Gasteiger partial charge in [-0.3, -0.25) is 9.59 Å². The number of ketones is 1. The Kier molecular flexibility index (Phi) is 18.9. The number of benzene rings is 2. The number of aliphatic carboxylic acids is 2. The summed E-state index contributed by atoms with van der Waals surface area (Å²) in [7, 11) is 0. The standard InChI is InChI=1S/C18H34O2.C17H15ClO4/c1-2-3-4-5-6-7-8-9-10-11-12-13-14-15-16-17-18(19)20;1-17(2,16(20)21)22-14-9-5-12(6-10-14)15(19)11-3-7-13(18)8-4-11/h9-10H,2-8,11-17H2,1H3,(H,19,20);3-10H,1-2H3,(H,20,21)/b10-9-;. The molecule has 232 valence electrons. The van der Waals surface area contributed by atoms with Gasteiger partial charge in [0.05, 0.1) is 0 Å². The summed E-state index contributed by atoms with van der Waals surface area (Å²) >= 11 is 5.79. The van der Waals surface area contributed by atoms with Crippen molar-refractivity contribution in [2.75, 3.05) is 0 Å². The van der Waals surface area contributed by atoms with Crippen molar-refractivity contribution in [3.05, 3.63) is 76.8 Å². The van der Waals surface area contributed by atoms with Gasteiger partial charge in [0.2, 0.25) is 0 Å². The molecule has 0 spiro atoms. The van der Waals surface area contributed by atoms with Gasteiger partial charge in [0.1, 0.15) is 5.75 Å². The van der Waals surface area contributed by atoms with Crippen LogP contribution in [-0.2, 0) is 9.59 Å². The fraction of sp³-hybridized carbons (Fsp3) is 0.514. The van der Waals surface area contributed by atoms with E-state index in [2.05, 4.69) is 19.1 Å². The van der Waals surface area contributed by atoms with Crippen LogP contribution in [0.4, 0.5) is 0 Å².